The van der Waals surface area contributed by atoms with Gasteiger partial charge in [-0.1, -0.05) is 6.92 Å². The molecule has 3 atom stereocenters. The lowest BCUT2D eigenvalue weighted by molar-refractivity contribution is -0.123. The molecule has 1 aromatic rings. The van der Waals surface area contributed by atoms with Gasteiger partial charge >= 0.3 is 0 Å². The van der Waals surface area contributed by atoms with Gasteiger partial charge in [0, 0.05) is 16.6 Å². The highest BCUT2D eigenvalue weighted by Crippen LogP contribution is 2.40. The van der Waals surface area contributed by atoms with E-state index in [0.717, 1.165) is 29.1 Å². The van der Waals surface area contributed by atoms with E-state index in [0.29, 0.717) is 5.92 Å². The minimum Gasteiger partial charge on any atom is -0.349 e. The fourth-order valence-electron chi connectivity index (χ4n) is 2.48. The van der Waals surface area contributed by atoms with Gasteiger partial charge in [0.25, 0.3) is 0 Å². The Labute approximate surface area is 110 Å². The second kappa shape index (κ2) is 4.57. The van der Waals surface area contributed by atoms with Gasteiger partial charge in [0.2, 0.25) is 5.91 Å². The summed E-state index contributed by atoms with van der Waals surface area (Å²) in [6.45, 7) is 2.09. The summed E-state index contributed by atoms with van der Waals surface area (Å²) in [4.78, 5) is 13.1. The second-order valence-corrected chi connectivity index (χ2v) is 6.34. The van der Waals surface area contributed by atoms with Crippen molar-refractivity contribution in [1.82, 2.24) is 5.32 Å². The molecule has 0 bridgehead atoms. The Morgan fingerprint density at radius 2 is 2.28 bits per heavy atom. The Bertz CT molecular complexity index is 491. The molecule has 2 nitrogen and oxygen atoms in total. The third kappa shape index (κ3) is 2.26. The van der Waals surface area contributed by atoms with Crippen molar-refractivity contribution in [2.45, 2.75) is 30.7 Å². The fraction of sp³-hybridized carbons (Fsp3) is 0.500. The van der Waals surface area contributed by atoms with Gasteiger partial charge in [0.05, 0.1) is 6.04 Å². The number of hydrogen-bond acceptors (Lipinski definition) is 2. The van der Waals surface area contributed by atoms with Gasteiger partial charge in [-0.3, -0.25) is 4.79 Å². The first kappa shape index (κ1) is 12.0. The number of benzene rings is 1. The zero-order valence-corrected chi connectivity index (χ0v) is 11.1. The van der Waals surface area contributed by atoms with Crippen LogP contribution in [-0.4, -0.2) is 11.7 Å². The van der Waals surface area contributed by atoms with Crippen molar-refractivity contribution >= 4 is 17.7 Å². The maximum atomic E-state index is 13.3. The van der Waals surface area contributed by atoms with E-state index in [-0.39, 0.29) is 23.7 Å². The van der Waals surface area contributed by atoms with E-state index < -0.39 is 0 Å². The van der Waals surface area contributed by atoms with Gasteiger partial charge in [-0.2, -0.15) is 0 Å². The van der Waals surface area contributed by atoms with Crippen molar-refractivity contribution in [3.8, 4) is 0 Å². The Hall–Kier alpha value is -1.03. The topological polar surface area (TPSA) is 29.1 Å². The van der Waals surface area contributed by atoms with Crippen LogP contribution in [-0.2, 0) is 4.79 Å². The minimum atomic E-state index is -0.227. The number of halogens is 1. The number of carbonyl (C=O) groups is 1. The van der Waals surface area contributed by atoms with Crippen LogP contribution >= 0.6 is 11.8 Å². The predicted octanol–water partition coefficient (Wildman–Crippen LogP) is 3.13. The lowest BCUT2D eigenvalue weighted by Gasteiger charge is -2.26. The quantitative estimate of drug-likeness (QED) is 0.890. The van der Waals surface area contributed by atoms with Gasteiger partial charge in [-0.25, -0.2) is 4.39 Å². The molecule has 1 aliphatic heterocycles. The minimum absolute atomic E-state index is 0.0164. The molecule has 1 saturated carbocycles. The van der Waals surface area contributed by atoms with Gasteiger partial charge < -0.3 is 5.32 Å². The van der Waals surface area contributed by atoms with E-state index in [1.807, 2.05) is 6.07 Å². The fourth-order valence-corrected chi connectivity index (χ4v) is 3.59. The Balaban J connectivity index is 1.78. The van der Waals surface area contributed by atoms with Crippen molar-refractivity contribution in [2.75, 3.05) is 5.75 Å². The van der Waals surface area contributed by atoms with E-state index in [9.17, 15) is 9.18 Å². The first-order valence-corrected chi connectivity index (χ1v) is 7.36. The van der Waals surface area contributed by atoms with Crippen molar-refractivity contribution in [3.05, 3.63) is 29.6 Å². The molecule has 1 fully saturated rings. The largest absolute Gasteiger partial charge is 0.349 e. The van der Waals surface area contributed by atoms with Crippen LogP contribution < -0.4 is 5.32 Å². The number of nitrogens with one attached hydrogen (secondary N) is 1. The van der Waals surface area contributed by atoms with Crippen LogP contribution in [0.5, 0.6) is 0 Å². The van der Waals surface area contributed by atoms with Crippen LogP contribution in [0.25, 0.3) is 0 Å². The number of fused-ring (bicyclic) bond motifs is 1. The van der Waals surface area contributed by atoms with Crippen molar-refractivity contribution < 1.29 is 9.18 Å². The first-order chi connectivity index (χ1) is 8.65. The molecule has 1 heterocycles. The van der Waals surface area contributed by atoms with Gasteiger partial charge in [-0.15, -0.1) is 11.8 Å². The van der Waals surface area contributed by atoms with Gasteiger partial charge in [0.15, 0.2) is 0 Å². The lowest BCUT2D eigenvalue weighted by Crippen LogP contribution is -2.32. The summed E-state index contributed by atoms with van der Waals surface area (Å²) in [5.41, 5.74) is 0.938. The van der Waals surface area contributed by atoms with Crippen LogP contribution in [0.4, 0.5) is 4.39 Å². The van der Waals surface area contributed by atoms with Crippen LogP contribution in [0.15, 0.2) is 23.1 Å². The average molecular weight is 265 g/mol. The smallest absolute Gasteiger partial charge is 0.223 e. The molecule has 0 spiro atoms. The lowest BCUT2D eigenvalue weighted by atomic mass is 10.0. The number of rotatable bonds is 2. The highest BCUT2D eigenvalue weighted by molar-refractivity contribution is 7.99. The molecule has 2 aliphatic rings. The standard InChI is InChI=1S/C14H16FNOS/c1-8-6-10(8)14(17)16-12-4-5-18-13-3-2-9(15)7-11(12)13/h2-3,7-8,10,12H,4-6H2,1H3,(H,16,17). The maximum absolute atomic E-state index is 13.3. The Morgan fingerprint density at radius 1 is 1.50 bits per heavy atom. The third-order valence-electron chi connectivity index (χ3n) is 3.77. The van der Waals surface area contributed by atoms with E-state index in [2.05, 4.69) is 12.2 Å². The Kier molecular flexibility index (Phi) is 3.06. The summed E-state index contributed by atoms with van der Waals surface area (Å²) in [5, 5.41) is 3.08. The maximum Gasteiger partial charge on any atom is 0.223 e. The van der Waals surface area contributed by atoms with Crippen LogP contribution in [0.2, 0.25) is 0 Å². The van der Waals surface area contributed by atoms with Crippen molar-refractivity contribution in [2.24, 2.45) is 11.8 Å². The van der Waals surface area contributed by atoms with Crippen molar-refractivity contribution in [1.29, 1.82) is 0 Å². The molecular formula is C14H16FNOS. The number of carbonyl (C=O) groups excluding carboxylic acids is 1. The van der Waals surface area contributed by atoms with E-state index in [4.69, 9.17) is 0 Å². The molecule has 0 saturated heterocycles. The molecule has 1 aliphatic carbocycles. The molecule has 0 aromatic heterocycles. The molecule has 1 N–H and O–H groups in total. The predicted molar refractivity (Wildman–Crippen MR) is 69.9 cm³/mol. The van der Waals surface area contributed by atoms with Crippen LogP contribution in [0.1, 0.15) is 31.4 Å². The number of hydrogen-bond donors (Lipinski definition) is 1. The van der Waals surface area contributed by atoms with Crippen LogP contribution in [0, 0.1) is 17.7 Å². The Morgan fingerprint density at radius 3 is 3.00 bits per heavy atom. The van der Waals surface area contributed by atoms with E-state index >= 15 is 0 Å². The zero-order valence-electron chi connectivity index (χ0n) is 10.3. The third-order valence-corrected chi connectivity index (χ3v) is 4.90. The van der Waals surface area contributed by atoms with Gasteiger partial charge in [0.1, 0.15) is 5.82 Å². The molecule has 4 heteroatoms. The van der Waals surface area contributed by atoms with E-state index in [1.54, 1.807) is 17.8 Å². The summed E-state index contributed by atoms with van der Waals surface area (Å²) in [5.74, 6) is 1.57. The summed E-state index contributed by atoms with van der Waals surface area (Å²) in [6, 6.07) is 4.84. The highest BCUT2D eigenvalue weighted by Gasteiger charge is 2.40. The highest BCUT2D eigenvalue weighted by atomic mass is 32.2. The summed E-state index contributed by atoms with van der Waals surface area (Å²) in [7, 11) is 0. The molecule has 18 heavy (non-hydrogen) atoms. The molecular weight excluding hydrogens is 249 g/mol. The molecule has 1 amide bonds. The second-order valence-electron chi connectivity index (χ2n) is 5.20. The summed E-state index contributed by atoms with van der Waals surface area (Å²) in [6.07, 6.45) is 1.87. The first-order valence-electron chi connectivity index (χ1n) is 6.38. The normalized spacial score (nSPS) is 29.6. The van der Waals surface area contributed by atoms with E-state index in [1.165, 1.54) is 6.07 Å². The summed E-state index contributed by atoms with van der Waals surface area (Å²) >= 11 is 1.73. The molecule has 0 radical (unpaired) electrons. The average Bonchev–Trinajstić information content (AvgIpc) is 3.07. The van der Waals surface area contributed by atoms with Crippen LogP contribution in [0.3, 0.4) is 0 Å². The monoisotopic (exact) mass is 265 g/mol. The van der Waals surface area contributed by atoms with Gasteiger partial charge in [-0.05, 0) is 42.5 Å². The number of amides is 1. The summed E-state index contributed by atoms with van der Waals surface area (Å²) < 4.78 is 13.3. The molecule has 1 aromatic carbocycles. The SMILES string of the molecule is CC1CC1C(=O)NC1CCSc2ccc(F)cc21. The zero-order chi connectivity index (χ0) is 12.7. The number of thioether (sulfide) groups is 1. The molecule has 3 rings (SSSR count). The molecule has 3 unspecified atom stereocenters. The van der Waals surface area contributed by atoms with Crippen molar-refractivity contribution in [3.63, 3.8) is 0 Å². The molecule has 96 valence electrons.